The van der Waals surface area contributed by atoms with Gasteiger partial charge in [-0.05, 0) is 45.8 Å². The van der Waals surface area contributed by atoms with Gasteiger partial charge in [0.15, 0.2) is 11.5 Å². The Bertz CT molecular complexity index is 741. The summed E-state index contributed by atoms with van der Waals surface area (Å²) in [5, 5.41) is 0.934. The van der Waals surface area contributed by atoms with Crippen molar-refractivity contribution in [1.82, 2.24) is 5.43 Å². The average molecular weight is 420 g/mol. The van der Waals surface area contributed by atoms with Gasteiger partial charge in [-0.1, -0.05) is 29.3 Å². The predicted molar refractivity (Wildman–Crippen MR) is 93.1 cm³/mol. The summed E-state index contributed by atoms with van der Waals surface area (Å²) in [6.45, 7) is 0.266. The van der Waals surface area contributed by atoms with Gasteiger partial charge in [0.2, 0.25) is 0 Å². The van der Waals surface area contributed by atoms with Crippen LogP contribution in [-0.4, -0.2) is 13.0 Å². The SMILES string of the molecule is COc1cc(C(=O)NN)c(Br)cc1OCc1ccc(Cl)c(Cl)c1. The summed E-state index contributed by atoms with van der Waals surface area (Å²) >= 11 is 15.2. The highest BCUT2D eigenvalue weighted by atomic mass is 79.9. The van der Waals surface area contributed by atoms with Gasteiger partial charge in [0.05, 0.1) is 22.7 Å². The Labute approximate surface area is 151 Å². The monoisotopic (exact) mass is 418 g/mol. The lowest BCUT2D eigenvalue weighted by atomic mass is 10.2. The molecule has 1 amide bonds. The molecule has 0 heterocycles. The number of benzene rings is 2. The lowest BCUT2D eigenvalue weighted by Gasteiger charge is -2.13. The fourth-order valence-electron chi connectivity index (χ4n) is 1.85. The van der Waals surface area contributed by atoms with E-state index < -0.39 is 5.91 Å². The van der Waals surface area contributed by atoms with Crippen LogP contribution >= 0.6 is 39.1 Å². The molecule has 2 rings (SSSR count). The third-order valence-electron chi connectivity index (χ3n) is 3.01. The Morgan fingerprint density at radius 1 is 1.22 bits per heavy atom. The number of nitrogens with two attached hydrogens (primary N) is 1. The van der Waals surface area contributed by atoms with E-state index in [4.69, 9.17) is 38.5 Å². The van der Waals surface area contributed by atoms with Crippen molar-refractivity contribution >= 4 is 45.0 Å². The van der Waals surface area contributed by atoms with Gasteiger partial charge in [0.1, 0.15) is 6.61 Å². The van der Waals surface area contributed by atoms with Crippen LogP contribution < -0.4 is 20.7 Å². The molecule has 5 nitrogen and oxygen atoms in total. The number of rotatable bonds is 5. The van der Waals surface area contributed by atoms with Gasteiger partial charge in [-0.3, -0.25) is 10.2 Å². The van der Waals surface area contributed by atoms with E-state index in [9.17, 15) is 4.79 Å². The number of nitrogen functional groups attached to an aromatic ring is 1. The van der Waals surface area contributed by atoms with E-state index in [-0.39, 0.29) is 6.61 Å². The Morgan fingerprint density at radius 3 is 2.57 bits per heavy atom. The maximum atomic E-state index is 11.7. The van der Waals surface area contributed by atoms with Crippen LogP contribution in [0.2, 0.25) is 10.0 Å². The van der Waals surface area contributed by atoms with Crippen molar-refractivity contribution in [2.24, 2.45) is 5.84 Å². The third kappa shape index (κ3) is 4.29. The molecule has 2 aromatic rings. The number of halogens is 3. The topological polar surface area (TPSA) is 73.6 Å². The molecule has 8 heteroatoms. The minimum atomic E-state index is -0.439. The first-order valence-electron chi connectivity index (χ1n) is 6.41. The molecule has 0 bridgehead atoms. The zero-order chi connectivity index (χ0) is 17.0. The summed E-state index contributed by atoms with van der Waals surface area (Å²) in [6.07, 6.45) is 0. The first-order chi connectivity index (χ1) is 11.0. The van der Waals surface area contributed by atoms with Crippen molar-refractivity contribution in [2.75, 3.05) is 7.11 Å². The molecule has 0 fully saturated rings. The fraction of sp³-hybridized carbons (Fsp3) is 0.133. The minimum absolute atomic E-state index is 0.266. The second kappa shape index (κ2) is 7.88. The van der Waals surface area contributed by atoms with Crippen LogP contribution in [-0.2, 0) is 6.61 Å². The van der Waals surface area contributed by atoms with E-state index in [1.54, 1.807) is 18.2 Å². The van der Waals surface area contributed by atoms with Crippen LogP contribution in [0.4, 0.5) is 0 Å². The van der Waals surface area contributed by atoms with Crippen molar-refractivity contribution in [1.29, 1.82) is 0 Å². The van der Waals surface area contributed by atoms with Crippen LogP contribution in [0.25, 0.3) is 0 Å². The van der Waals surface area contributed by atoms with Crippen molar-refractivity contribution in [3.8, 4) is 11.5 Å². The fourth-order valence-corrected chi connectivity index (χ4v) is 2.67. The lowest BCUT2D eigenvalue weighted by molar-refractivity contribution is 0.0952. The molecule has 0 saturated heterocycles. The molecule has 0 aliphatic heterocycles. The summed E-state index contributed by atoms with van der Waals surface area (Å²) in [5.74, 6) is 5.59. The molecule has 0 saturated carbocycles. The summed E-state index contributed by atoms with van der Waals surface area (Å²) in [5.41, 5.74) is 3.26. The molecule has 0 radical (unpaired) electrons. The van der Waals surface area contributed by atoms with Gasteiger partial charge in [0, 0.05) is 4.47 Å². The Morgan fingerprint density at radius 2 is 1.96 bits per heavy atom. The van der Waals surface area contributed by atoms with Crippen molar-refractivity contribution < 1.29 is 14.3 Å². The Hall–Kier alpha value is -1.47. The minimum Gasteiger partial charge on any atom is -0.493 e. The second-order valence-corrected chi connectivity index (χ2v) is 6.16. The van der Waals surface area contributed by atoms with Crippen LogP contribution in [0.3, 0.4) is 0 Å². The normalized spacial score (nSPS) is 10.3. The second-order valence-electron chi connectivity index (χ2n) is 4.49. The molecule has 0 aliphatic rings. The number of amides is 1. The number of carbonyl (C=O) groups is 1. The molecule has 0 spiro atoms. The zero-order valence-electron chi connectivity index (χ0n) is 12.0. The number of hydrazine groups is 1. The highest BCUT2D eigenvalue weighted by Crippen LogP contribution is 2.34. The molecule has 122 valence electrons. The maximum absolute atomic E-state index is 11.7. The standard InChI is InChI=1S/C15H13BrCl2N2O3/c1-22-13-5-9(15(21)20-19)10(16)6-14(13)23-7-8-2-3-11(17)12(18)4-8/h2-6H,7,19H2,1H3,(H,20,21). The van der Waals surface area contributed by atoms with Crippen LogP contribution in [0, 0.1) is 0 Å². The number of ether oxygens (including phenoxy) is 2. The van der Waals surface area contributed by atoms with Gasteiger partial charge in [-0.25, -0.2) is 5.84 Å². The number of hydrogen-bond donors (Lipinski definition) is 2. The van der Waals surface area contributed by atoms with Gasteiger partial charge < -0.3 is 9.47 Å². The van der Waals surface area contributed by atoms with Gasteiger partial charge >= 0.3 is 0 Å². The third-order valence-corrected chi connectivity index (χ3v) is 4.40. The molecule has 0 aromatic heterocycles. The molecule has 2 aromatic carbocycles. The smallest absolute Gasteiger partial charge is 0.266 e. The molecule has 0 unspecified atom stereocenters. The molecule has 0 atom stereocenters. The van der Waals surface area contributed by atoms with Gasteiger partial charge in [0.25, 0.3) is 5.91 Å². The van der Waals surface area contributed by atoms with E-state index in [0.29, 0.717) is 31.6 Å². The summed E-state index contributed by atoms with van der Waals surface area (Å²) < 4.78 is 11.5. The molecular weight excluding hydrogens is 407 g/mol. The van der Waals surface area contributed by atoms with Crippen LogP contribution in [0.5, 0.6) is 11.5 Å². The highest BCUT2D eigenvalue weighted by molar-refractivity contribution is 9.10. The molecule has 3 N–H and O–H groups in total. The quantitative estimate of drug-likeness (QED) is 0.437. The first-order valence-corrected chi connectivity index (χ1v) is 7.96. The number of nitrogens with one attached hydrogen (secondary N) is 1. The van der Waals surface area contributed by atoms with Gasteiger partial charge in [-0.15, -0.1) is 0 Å². The highest BCUT2D eigenvalue weighted by Gasteiger charge is 2.15. The summed E-state index contributed by atoms with van der Waals surface area (Å²) in [6, 6.07) is 8.41. The van der Waals surface area contributed by atoms with Gasteiger partial charge in [-0.2, -0.15) is 0 Å². The molecular formula is C15H13BrCl2N2O3. The number of carbonyl (C=O) groups excluding carboxylic acids is 1. The first kappa shape index (κ1) is 17.9. The van der Waals surface area contributed by atoms with E-state index >= 15 is 0 Å². The van der Waals surface area contributed by atoms with E-state index in [1.807, 2.05) is 6.07 Å². The zero-order valence-corrected chi connectivity index (χ0v) is 15.1. The Balaban J connectivity index is 2.23. The van der Waals surface area contributed by atoms with Crippen LogP contribution in [0.1, 0.15) is 15.9 Å². The number of hydrogen-bond acceptors (Lipinski definition) is 4. The predicted octanol–water partition coefficient (Wildman–Crippen LogP) is 3.95. The average Bonchev–Trinajstić information content (AvgIpc) is 2.55. The van der Waals surface area contributed by atoms with Crippen molar-refractivity contribution in [3.05, 3.63) is 56.0 Å². The number of methoxy groups -OCH3 is 1. The van der Waals surface area contributed by atoms with E-state index in [1.165, 1.54) is 13.2 Å². The Kier molecular flexibility index (Phi) is 6.12. The molecule has 23 heavy (non-hydrogen) atoms. The summed E-state index contributed by atoms with van der Waals surface area (Å²) in [7, 11) is 1.49. The summed E-state index contributed by atoms with van der Waals surface area (Å²) in [4.78, 5) is 11.7. The lowest BCUT2D eigenvalue weighted by Crippen LogP contribution is -2.30. The largest absolute Gasteiger partial charge is 0.493 e. The van der Waals surface area contributed by atoms with E-state index in [2.05, 4.69) is 21.4 Å². The maximum Gasteiger partial charge on any atom is 0.266 e. The van der Waals surface area contributed by atoms with E-state index in [0.717, 1.165) is 5.56 Å². The van der Waals surface area contributed by atoms with Crippen molar-refractivity contribution in [3.63, 3.8) is 0 Å². The molecule has 0 aliphatic carbocycles. The van der Waals surface area contributed by atoms with Crippen molar-refractivity contribution in [2.45, 2.75) is 6.61 Å². The van der Waals surface area contributed by atoms with Crippen LogP contribution in [0.15, 0.2) is 34.8 Å².